The third-order valence-corrected chi connectivity index (χ3v) is 4.69. The van der Waals surface area contributed by atoms with E-state index in [0.29, 0.717) is 25.3 Å². The molecule has 27 heavy (non-hydrogen) atoms. The zero-order valence-electron chi connectivity index (χ0n) is 15.1. The van der Waals surface area contributed by atoms with Gasteiger partial charge >= 0.3 is 0 Å². The van der Waals surface area contributed by atoms with Gasteiger partial charge < -0.3 is 15.5 Å². The average Bonchev–Trinajstić information content (AvgIpc) is 3.09. The molecule has 1 aliphatic rings. The minimum Gasteiger partial charge on any atom is -0.360 e. The fourth-order valence-corrected chi connectivity index (χ4v) is 3.21. The lowest BCUT2D eigenvalue weighted by atomic mass is 10.2. The summed E-state index contributed by atoms with van der Waals surface area (Å²) in [4.78, 5) is 30.3. The van der Waals surface area contributed by atoms with Crippen LogP contribution in [0.4, 0.5) is 5.69 Å². The zero-order chi connectivity index (χ0) is 18.8. The molecule has 2 aromatic heterocycles. The van der Waals surface area contributed by atoms with E-state index in [-0.39, 0.29) is 11.8 Å². The van der Waals surface area contributed by atoms with E-state index in [9.17, 15) is 9.59 Å². The van der Waals surface area contributed by atoms with E-state index in [2.05, 4.69) is 15.6 Å². The Balaban J connectivity index is 1.40. The maximum atomic E-state index is 12.5. The minimum absolute atomic E-state index is 0.0424. The molecule has 0 spiro atoms. The Morgan fingerprint density at radius 3 is 2.85 bits per heavy atom. The number of nitrogens with zero attached hydrogens (tertiary/aromatic N) is 3. The first-order valence-electron chi connectivity index (χ1n) is 8.93. The lowest BCUT2D eigenvalue weighted by Crippen LogP contribution is -2.47. The van der Waals surface area contributed by atoms with Crippen LogP contribution in [-0.2, 0) is 11.3 Å². The number of amides is 2. The summed E-state index contributed by atoms with van der Waals surface area (Å²) >= 11 is 0. The summed E-state index contributed by atoms with van der Waals surface area (Å²) < 4.78 is 1.78. The molecule has 1 aliphatic heterocycles. The summed E-state index contributed by atoms with van der Waals surface area (Å²) in [6.07, 6.45) is 3.45. The highest BCUT2D eigenvalue weighted by Crippen LogP contribution is 2.16. The van der Waals surface area contributed by atoms with Crippen LogP contribution in [0.2, 0.25) is 0 Å². The van der Waals surface area contributed by atoms with Crippen molar-refractivity contribution in [2.45, 2.75) is 13.5 Å². The van der Waals surface area contributed by atoms with Crippen molar-refractivity contribution in [3.05, 3.63) is 65.6 Å². The maximum Gasteiger partial charge on any atom is 0.270 e. The number of benzene rings is 1. The number of nitrogens with one attached hydrogen (secondary N) is 2. The molecule has 1 aromatic carbocycles. The normalized spacial score (nSPS) is 14.3. The van der Waals surface area contributed by atoms with Crippen LogP contribution in [0, 0.1) is 6.92 Å². The highest BCUT2D eigenvalue weighted by atomic mass is 16.2. The van der Waals surface area contributed by atoms with E-state index >= 15 is 0 Å². The van der Waals surface area contributed by atoms with Gasteiger partial charge in [0.2, 0.25) is 5.91 Å². The van der Waals surface area contributed by atoms with Gasteiger partial charge in [-0.2, -0.15) is 0 Å². The predicted octanol–water partition coefficient (Wildman–Crippen LogP) is 1.51. The Labute approximate surface area is 157 Å². The number of hydrogen-bond donors (Lipinski definition) is 2. The van der Waals surface area contributed by atoms with Gasteiger partial charge in [-0.3, -0.25) is 14.0 Å². The first-order valence-corrected chi connectivity index (χ1v) is 8.93. The van der Waals surface area contributed by atoms with Crippen molar-refractivity contribution in [3.8, 4) is 0 Å². The molecule has 1 saturated heterocycles. The Morgan fingerprint density at radius 1 is 1.26 bits per heavy atom. The van der Waals surface area contributed by atoms with Gasteiger partial charge in [-0.05, 0) is 42.3 Å². The van der Waals surface area contributed by atoms with Crippen molar-refractivity contribution >= 4 is 23.1 Å². The van der Waals surface area contributed by atoms with Crippen molar-refractivity contribution in [2.24, 2.45) is 0 Å². The molecular formula is C20H21N5O2. The highest BCUT2D eigenvalue weighted by Gasteiger charge is 2.16. The standard InChI is InChI=1S/C20H21N5O2/c1-14-6-8-25-17(12-22-18(25)10-14)20(27)23-11-15-2-4-16(5-3-15)24-9-7-21-19(26)13-24/h2-6,8,10,12H,7,9,11,13H2,1H3,(H,21,26)(H,23,27). The number of pyridine rings is 1. The van der Waals surface area contributed by atoms with Crippen molar-refractivity contribution in [2.75, 3.05) is 24.5 Å². The van der Waals surface area contributed by atoms with Crippen LogP contribution in [0.15, 0.2) is 48.8 Å². The van der Waals surface area contributed by atoms with Gasteiger partial charge in [-0.15, -0.1) is 0 Å². The van der Waals surface area contributed by atoms with Crippen molar-refractivity contribution in [3.63, 3.8) is 0 Å². The summed E-state index contributed by atoms with van der Waals surface area (Å²) in [7, 11) is 0. The molecule has 7 nitrogen and oxygen atoms in total. The number of imidazole rings is 1. The number of hydrogen-bond acceptors (Lipinski definition) is 4. The molecule has 0 bridgehead atoms. The molecule has 3 heterocycles. The number of carbonyl (C=O) groups is 2. The summed E-state index contributed by atoms with van der Waals surface area (Å²) in [5, 5.41) is 5.76. The predicted molar refractivity (Wildman–Crippen MR) is 103 cm³/mol. The molecule has 7 heteroatoms. The molecule has 0 aliphatic carbocycles. The van der Waals surface area contributed by atoms with Gasteiger partial charge in [0.25, 0.3) is 5.91 Å². The number of aryl methyl sites for hydroxylation is 1. The molecule has 3 aromatic rings. The van der Waals surface area contributed by atoms with E-state index in [1.807, 2.05) is 54.4 Å². The summed E-state index contributed by atoms with van der Waals surface area (Å²) in [5.41, 5.74) is 4.39. The Hall–Kier alpha value is -3.35. The van der Waals surface area contributed by atoms with Gasteiger partial charge in [0.1, 0.15) is 11.3 Å². The minimum atomic E-state index is -0.164. The van der Waals surface area contributed by atoms with Crippen LogP contribution in [0.1, 0.15) is 21.6 Å². The van der Waals surface area contributed by atoms with Crippen LogP contribution >= 0.6 is 0 Å². The molecule has 0 saturated carbocycles. The number of rotatable bonds is 4. The fourth-order valence-electron chi connectivity index (χ4n) is 3.21. The van der Waals surface area contributed by atoms with E-state index in [1.54, 1.807) is 10.6 Å². The highest BCUT2D eigenvalue weighted by molar-refractivity contribution is 5.93. The molecule has 138 valence electrons. The monoisotopic (exact) mass is 363 g/mol. The molecule has 0 unspecified atom stereocenters. The van der Waals surface area contributed by atoms with Crippen molar-refractivity contribution in [1.82, 2.24) is 20.0 Å². The van der Waals surface area contributed by atoms with Crippen LogP contribution in [0.3, 0.4) is 0 Å². The second kappa shape index (κ2) is 7.11. The smallest absolute Gasteiger partial charge is 0.270 e. The SMILES string of the molecule is Cc1ccn2c(C(=O)NCc3ccc(N4CCNC(=O)C4)cc3)cnc2c1. The van der Waals surface area contributed by atoms with Crippen LogP contribution in [-0.4, -0.2) is 40.8 Å². The largest absolute Gasteiger partial charge is 0.360 e. The molecule has 2 amide bonds. The van der Waals surface area contributed by atoms with Gasteiger partial charge in [0.15, 0.2) is 0 Å². The summed E-state index contributed by atoms with van der Waals surface area (Å²) in [6.45, 7) is 4.27. The Morgan fingerprint density at radius 2 is 2.07 bits per heavy atom. The second-order valence-electron chi connectivity index (χ2n) is 6.70. The molecular weight excluding hydrogens is 342 g/mol. The van der Waals surface area contributed by atoms with E-state index < -0.39 is 0 Å². The number of anilines is 1. The maximum absolute atomic E-state index is 12.5. The van der Waals surface area contributed by atoms with Gasteiger partial charge in [-0.1, -0.05) is 12.1 Å². The molecule has 1 fully saturated rings. The average molecular weight is 363 g/mol. The molecule has 2 N–H and O–H groups in total. The number of piperazine rings is 1. The van der Waals surface area contributed by atoms with Gasteiger partial charge in [0, 0.05) is 31.5 Å². The molecule has 0 radical (unpaired) electrons. The zero-order valence-corrected chi connectivity index (χ0v) is 15.1. The fraction of sp³-hybridized carbons (Fsp3) is 0.250. The first kappa shape index (κ1) is 17.1. The topological polar surface area (TPSA) is 78.7 Å². The van der Waals surface area contributed by atoms with E-state index in [1.165, 1.54) is 0 Å². The molecule has 4 rings (SSSR count). The van der Waals surface area contributed by atoms with Crippen molar-refractivity contribution in [1.29, 1.82) is 0 Å². The number of carbonyl (C=O) groups excluding carboxylic acids is 2. The van der Waals surface area contributed by atoms with E-state index in [4.69, 9.17) is 0 Å². The first-order chi connectivity index (χ1) is 13.1. The third-order valence-electron chi connectivity index (χ3n) is 4.69. The quantitative estimate of drug-likeness (QED) is 0.737. The lowest BCUT2D eigenvalue weighted by Gasteiger charge is -2.28. The van der Waals surface area contributed by atoms with Crippen molar-refractivity contribution < 1.29 is 9.59 Å². The number of aromatic nitrogens is 2. The Bertz CT molecular complexity index is 993. The van der Waals surface area contributed by atoms with Gasteiger partial charge in [-0.25, -0.2) is 4.98 Å². The summed E-state index contributed by atoms with van der Waals surface area (Å²) in [6, 6.07) is 11.8. The Kier molecular flexibility index (Phi) is 4.50. The summed E-state index contributed by atoms with van der Waals surface area (Å²) in [5.74, 6) is -0.121. The molecule has 0 atom stereocenters. The van der Waals surface area contributed by atoms with E-state index in [0.717, 1.165) is 29.0 Å². The van der Waals surface area contributed by atoms with Crippen LogP contribution in [0.5, 0.6) is 0 Å². The van der Waals surface area contributed by atoms with Gasteiger partial charge in [0.05, 0.1) is 12.7 Å². The lowest BCUT2D eigenvalue weighted by molar-refractivity contribution is -0.120. The third kappa shape index (κ3) is 3.62. The van der Waals surface area contributed by atoms with Crippen LogP contribution in [0.25, 0.3) is 5.65 Å². The second-order valence-corrected chi connectivity index (χ2v) is 6.70. The van der Waals surface area contributed by atoms with Crippen LogP contribution < -0.4 is 15.5 Å². The number of fused-ring (bicyclic) bond motifs is 1.